The lowest BCUT2D eigenvalue weighted by Crippen LogP contribution is -2.49. The summed E-state index contributed by atoms with van der Waals surface area (Å²) in [6, 6.07) is 0. The average molecular weight is 1550 g/mol. The summed E-state index contributed by atoms with van der Waals surface area (Å²) in [5, 5.41) is 18.7. The number of carboxylic acid groups (broad SMARTS) is 1. The van der Waals surface area contributed by atoms with E-state index in [0.717, 1.165) is 77.5 Å². The summed E-state index contributed by atoms with van der Waals surface area (Å²) in [7, 11) is 0. The second kappa shape index (κ2) is 37.9. The molecule has 0 bridgehead atoms. The number of carbonyl (C=O) groups excluding carboxylic acids is 6. The number of aliphatic hydroxyl groups is 1. The molecule has 5 saturated heterocycles. The Bertz CT molecular complexity index is 2300. The molecule has 0 amide bonds. The van der Waals surface area contributed by atoms with Crippen LogP contribution in [-0.2, 0) is 85.7 Å². The van der Waals surface area contributed by atoms with Gasteiger partial charge in [-0.3, -0.25) is 38.5 Å². The van der Waals surface area contributed by atoms with E-state index in [9.17, 15) is 38.7 Å². The normalized spacial score (nSPS) is 22.5. The Kier molecular flexibility index (Phi) is 35.7. The number of unbranched alkanes of at least 4 members (excludes halogenated alkanes) is 4. The van der Waals surface area contributed by atoms with Gasteiger partial charge in [-0.15, -0.1) is 0 Å². The quantitative estimate of drug-likeness (QED) is 0.0274. The number of hydrogen-bond acceptors (Lipinski definition) is 21. The van der Waals surface area contributed by atoms with E-state index < -0.39 is 76.7 Å². The zero-order valence-corrected chi connectivity index (χ0v) is 66.5. The molecule has 5 aliphatic heterocycles. The van der Waals surface area contributed by atoms with Gasteiger partial charge < -0.3 is 67.2 Å². The van der Waals surface area contributed by atoms with Crippen LogP contribution >= 0.6 is 47.8 Å². The third-order valence-corrected chi connectivity index (χ3v) is 19.6. The molecule has 5 fully saturated rings. The highest BCUT2D eigenvalue weighted by Gasteiger charge is 2.46. The zero-order valence-electron chi connectivity index (χ0n) is 61.7. The van der Waals surface area contributed by atoms with Gasteiger partial charge >= 0.3 is 11.9 Å². The molecule has 25 heteroatoms. The van der Waals surface area contributed by atoms with Crippen LogP contribution in [0.25, 0.3) is 0 Å². The van der Waals surface area contributed by atoms with Crippen LogP contribution in [0, 0.1) is 27.1 Å². The van der Waals surface area contributed by atoms with E-state index in [1.807, 2.05) is 90.0 Å². The molecule has 5 rings (SSSR count). The predicted octanol–water partition coefficient (Wildman–Crippen LogP) is 12.1. The summed E-state index contributed by atoms with van der Waals surface area (Å²) >= 11 is 9.32. The molecule has 95 heavy (non-hydrogen) atoms. The van der Waals surface area contributed by atoms with Crippen LogP contribution in [-0.4, -0.2) is 215 Å². The molecule has 0 spiro atoms. The maximum atomic E-state index is 13.0. The Labute approximate surface area is 594 Å². The Balaban J connectivity index is 0.000000509. The molecule has 0 aromatic rings. The van der Waals surface area contributed by atoms with Gasteiger partial charge in [0.25, 0.3) is 0 Å². The topological polar surface area (TPSA) is 268 Å². The predicted molar refractivity (Wildman–Crippen MR) is 374 cm³/mol. The van der Waals surface area contributed by atoms with Crippen LogP contribution in [0.2, 0.25) is 0 Å². The Morgan fingerprint density at radius 1 is 0.400 bits per heavy atom. The fraction of sp³-hybridized carbons (Fsp3) is 0.900. The first kappa shape index (κ1) is 89.3. The first-order valence-electron chi connectivity index (χ1n) is 33.9. The lowest BCUT2D eigenvalue weighted by molar-refractivity contribution is -0.280. The minimum absolute atomic E-state index is 0.0278. The van der Waals surface area contributed by atoms with E-state index in [0.29, 0.717) is 91.6 Å². The van der Waals surface area contributed by atoms with Crippen molar-refractivity contribution in [1.29, 1.82) is 0 Å². The van der Waals surface area contributed by atoms with Crippen LogP contribution in [0.5, 0.6) is 0 Å². The van der Waals surface area contributed by atoms with Crippen molar-refractivity contribution in [3.63, 3.8) is 0 Å². The molecule has 5 heterocycles. The molecule has 0 aromatic heterocycles. The fourth-order valence-electron chi connectivity index (χ4n) is 9.89. The number of ketones is 4. The Morgan fingerprint density at radius 2 is 0.611 bits per heavy atom. The molecular weight excluding hydrogens is 1430 g/mol. The molecule has 0 aliphatic carbocycles. The Hall–Kier alpha value is -1.79. The number of alkyl halides is 2. The second-order valence-electron chi connectivity index (χ2n) is 31.4. The maximum Gasteiger partial charge on any atom is 0.322 e. The van der Waals surface area contributed by atoms with Crippen LogP contribution in [0.4, 0.5) is 0 Å². The molecule has 0 aromatic carbocycles. The maximum absolute atomic E-state index is 13.0. The van der Waals surface area contributed by atoms with Gasteiger partial charge in [-0.1, -0.05) is 31.9 Å². The smallest absolute Gasteiger partial charge is 0.322 e. The Morgan fingerprint density at radius 3 is 0.800 bits per heavy atom. The van der Waals surface area contributed by atoms with E-state index >= 15 is 0 Å². The molecule has 0 radical (unpaired) electrons. The van der Waals surface area contributed by atoms with Crippen LogP contribution in [0.15, 0.2) is 0 Å². The highest BCUT2D eigenvalue weighted by molar-refractivity contribution is 9.20. The van der Waals surface area contributed by atoms with E-state index in [-0.39, 0.29) is 53.1 Å². The lowest BCUT2D eigenvalue weighted by Gasteiger charge is -2.40. The van der Waals surface area contributed by atoms with Gasteiger partial charge in [-0.25, -0.2) is 0 Å². The summed E-state index contributed by atoms with van der Waals surface area (Å²) in [4.78, 5) is 89.3. The number of esters is 1. The number of nitrogens with zero attached hydrogens (tertiary/aromatic N) is 2. The number of aliphatic carboxylic acids is 1. The van der Waals surface area contributed by atoms with Crippen molar-refractivity contribution in [2.24, 2.45) is 27.1 Å². The van der Waals surface area contributed by atoms with Gasteiger partial charge in [0.2, 0.25) is 4.69 Å². The molecule has 2 atom stereocenters. The van der Waals surface area contributed by atoms with Crippen molar-refractivity contribution >= 4 is 87.6 Å². The number of halogens is 3. The highest BCUT2D eigenvalue weighted by Crippen LogP contribution is 2.36. The standard InChI is InChI=1S/C31H54BrNO8.C27H49NO7.C8H14O4.C4H6Br2O/c1-23(41-26(36)27(2,3)32)18-33(16-12-10-14-24(34)30(8)19-37-28(4,5)38-20-30)17-13-11-15-25(35)31(9)21-39-29(6,7)40-22-31;1-21(29)16-28(14-10-8-12-22(30)26(6)17-32-24(2,3)33-18-26)15-11-9-13-23(31)27(7)19-34-25(4,5)35-20-27;1-7(2)11-4-8(3,5-12-7)6(9)10;1-4(2,6)3(5)7/h23H,10-22H2,1-9H3;21,29H,8-20H2,1-7H3;4-5H2,1-3H3,(H,9,10);1-2H3. The summed E-state index contributed by atoms with van der Waals surface area (Å²) < 4.78 is 60.7. The van der Waals surface area contributed by atoms with E-state index in [2.05, 4.69) is 57.6 Å². The second-order valence-corrected chi connectivity index (χ2v) is 36.1. The largest absolute Gasteiger partial charge is 0.481 e. The zero-order chi connectivity index (χ0) is 72.9. The molecule has 5 aliphatic rings. The number of aliphatic hydroxyl groups excluding tert-OH is 1. The summed E-state index contributed by atoms with van der Waals surface area (Å²) in [6.45, 7) is 46.3. The van der Waals surface area contributed by atoms with Crippen LogP contribution < -0.4 is 0 Å². The molecule has 2 N–H and O–H groups in total. The lowest BCUT2D eigenvalue weighted by atomic mass is 9.84. The van der Waals surface area contributed by atoms with Crippen molar-refractivity contribution in [2.75, 3.05) is 105 Å². The SMILES string of the molecule is CC(C)(Br)C(=O)Br.CC(CN(CCCCC(=O)C1(C)COC(C)(C)OC1)CCCCC(=O)C1(C)COC(C)(C)OC1)OC(=O)C(C)(C)Br.CC(O)CN(CCCCC(=O)C1(C)COC(C)(C)OC1)CCCCC(=O)C1(C)COC(C)(C)OC1.CC1(C)OCC(C)(C(=O)O)CO1. The molecule has 22 nitrogen and oxygen atoms in total. The third-order valence-electron chi connectivity index (χ3n) is 17.4. The minimum atomic E-state index is -0.893. The average Bonchev–Trinajstić information content (AvgIpc) is 0.850. The first-order valence-corrected chi connectivity index (χ1v) is 36.3. The third kappa shape index (κ3) is 33.3. The number of Topliss-reactive ketones (excluding diaryl/α,β-unsaturated/α-hetero) is 4. The van der Waals surface area contributed by atoms with Crippen molar-refractivity contribution in [3.05, 3.63) is 0 Å². The van der Waals surface area contributed by atoms with Gasteiger partial charge in [-0.05, 0) is 239 Å². The minimum Gasteiger partial charge on any atom is -0.481 e. The number of carbonyl (C=O) groups is 7. The summed E-state index contributed by atoms with van der Waals surface area (Å²) in [5.74, 6) is -3.70. The molecule has 2 unspecified atom stereocenters. The van der Waals surface area contributed by atoms with Crippen molar-refractivity contribution in [2.45, 2.75) is 272 Å². The molecular formula is C70H123Br3N2O20. The van der Waals surface area contributed by atoms with E-state index in [4.69, 9.17) is 57.2 Å². The summed E-state index contributed by atoms with van der Waals surface area (Å²) in [6.07, 6.45) is 7.74. The summed E-state index contributed by atoms with van der Waals surface area (Å²) in [5.41, 5.74) is -3.29. The fourth-order valence-corrected chi connectivity index (χ4v) is 9.99. The van der Waals surface area contributed by atoms with E-state index in [1.54, 1.807) is 55.4 Å². The van der Waals surface area contributed by atoms with Crippen molar-refractivity contribution in [1.82, 2.24) is 9.80 Å². The number of rotatable bonds is 32. The van der Waals surface area contributed by atoms with Gasteiger partial charge in [-0.2, -0.15) is 0 Å². The van der Waals surface area contributed by atoms with Crippen molar-refractivity contribution in [3.8, 4) is 0 Å². The van der Waals surface area contributed by atoms with Gasteiger partial charge in [0, 0.05) is 38.8 Å². The van der Waals surface area contributed by atoms with Crippen LogP contribution in [0.1, 0.15) is 222 Å². The van der Waals surface area contributed by atoms with Gasteiger partial charge in [0.15, 0.2) is 28.9 Å². The van der Waals surface area contributed by atoms with Crippen molar-refractivity contribution < 1.29 is 95.9 Å². The number of hydrogen-bond donors (Lipinski definition) is 2. The van der Waals surface area contributed by atoms with Gasteiger partial charge in [0.05, 0.1) is 98.2 Å². The monoisotopic (exact) mass is 1550 g/mol. The molecule has 554 valence electrons. The van der Waals surface area contributed by atoms with Gasteiger partial charge in [0.1, 0.15) is 39.0 Å². The first-order chi connectivity index (χ1) is 43.2. The van der Waals surface area contributed by atoms with E-state index in [1.165, 1.54) is 0 Å². The van der Waals surface area contributed by atoms with Crippen LogP contribution in [0.3, 0.4) is 0 Å². The molecule has 0 saturated carbocycles. The number of ether oxygens (including phenoxy) is 11. The number of carboxylic acids is 1. The highest BCUT2D eigenvalue weighted by atomic mass is 79.9.